The van der Waals surface area contributed by atoms with Crippen LogP contribution < -0.4 is 10.6 Å². The molecule has 36 heavy (non-hydrogen) atoms. The van der Waals surface area contributed by atoms with E-state index >= 15 is 0 Å². The van der Waals surface area contributed by atoms with Gasteiger partial charge in [-0.25, -0.2) is 23.1 Å². The highest BCUT2D eigenvalue weighted by atomic mass is 32.1. The van der Waals surface area contributed by atoms with Crippen LogP contribution in [0.25, 0.3) is 10.2 Å². The maximum Gasteiger partial charge on any atom is 0.274 e. The Hall–Kier alpha value is -3.28. The third-order valence-electron chi connectivity index (χ3n) is 6.68. The third kappa shape index (κ3) is 5.13. The summed E-state index contributed by atoms with van der Waals surface area (Å²) in [6.07, 6.45) is 2.47. The van der Waals surface area contributed by atoms with Crippen LogP contribution >= 0.6 is 11.3 Å². The van der Waals surface area contributed by atoms with Crippen LogP contribution in [0.4, 0.5) is 19.1 Å². The van der Waals surface area contributed by atoms with Crippen molar-refractivity contribution in [2.75, 3.05) is 18.4 Å². The number of alkyl halides is 2. The molecule has 0 spiro atoms. The summed E-state index contributed by atoms with van der Waals surface area (Å²) < 4.78 is 40.9. The van der Waals surface area contributed by atoms with Gasteiger partial charge in [-0.3, -0.25) is 14.6 Å². The fourth-order valence-corrected chi connectivity index (χ4v) is 5.33. The fourth-order valence-electron chi connectivity index (χ4n) is 4.52. The summed E-state index contributed by atoms with van der Waals surface area (Å²) >= 11 is 1.36. The first-order valence-corrected chi connectivity index (χ1v) is 12.7. The minimum Gasteiger partial charge on any atom is -0.350 e. The molecule has 0 radical (unpaired) electrons. The van der Waals surface area contributed by atoms with Gasteiger partial charge in [0.1, 0.15) is 5.82 Å². The van der Waals surface area contributed by atoms with Gasteiger partial charge in [0, 0.05) is 38.0 Å². The number of nitrogens with one attached hydrogen (secondary N) is 2. The highest BCUT2D eigenvalue weighted by Crippen LogP contribution is 2.36. The number of halogens is 3. The summed E-state index contributed by atoms with van der Waals surface area (Å²) in [5, 5.41) is 7.82. The maximum atomic E-state index is 13.6. The molecule has 1 unspecified atom stereocenters. The van der Waals surface area contributed by atoms with Crippen LogP contribution in [-0.2, 0) is 4.79 Å². The average Bonchev–Trinajstić information content (AvgIpc) is 3.28. The molecule has 8 nitrogen and oxygen atoms in total. The van der Waals surface area contributed by atoms with Crippen molar-refractivity contribution in [1.82, 2.24) is 25.2 Å². The Morgan fingerprint density at radius 2 is 1.94 bits per heavy atom. The number of amides is 2. The molecule has 2 amide bonds. The molecule has 1 saturated carbocycles. The molecule has 1 saturated heterocycles. The number of carbonyl (C=O) groups excluding carboxylic acids is 2. The zero-order valence-corrected chi connectivity index (χ0v) is 20.3. The van der Waals surface area contributed by atoms with Crippen molar-refractivity contribution >= 4 is 39.3 Å². The van der Waals surface area contributed by atoms with Gasteiger partial charge in [-0.1, -0.05) is 0 Å². The van der Waals surface area contributed by atoms with Crippen LogP contribution in [0, 0.1) is 11.7 Å². The van der Waals surface area contributed by atoms with Crippen LogP contribution in [0.5, 0.6) is 0 Å². The summed E-state index contributed by atoms with van der Waals surface area (Å²) in [6, 6.07) is 2.59. The zero-order chi connectivity index (χ0) is 25.4. The number of rotatable bonds is 6. The predicted molar refractivity (Wildman–Crippen MR) is 128 cm³/mol. The molecule has 5 rings (SSSR count). The Kier molecular flexibility index (Phi) is 6.54. The van der Waals surface area contributed by atoms with Gasteiger partial charge < -0.3 is 15.5 Å². The first-order valence-electron chi connectivity index (χ1n) is 11.8. The molecule has 12 heteroatoms. The summed E-state index contributed by atoms with van der Waals surface area (Å²) in [5.74, 6) is -3.81. The van der Waals surface area contributed by atoms with Crippen LogP contribution in [0.15, 0.2) is 29.9 Å². The van der Waals surface area contributed by atoms with Gasteiger partial charge >= 0.3 is 0 Å². The standard InChI is InChI=1S/C24H25F3N6O2S/c1-13(15-8-16(25)10-28-9-15)29-23-31-18-4-7-36-20(18)19(32-23)22(35)33-11-17(12-33)30-21(34)14-2-5-24(26,27)6-3-14/h4,7-10,13-14,17H,2-3,5-6,11-12H2,1H3,(H,30,34)(H,29,31,32). The zero-order valence-electron chi connectivity index (χ0n) is 19.5. The first kappa shape index (κ1) is 24.4. The maximum absolute atomic E-state index is 13.6. The highest BCUT2D eigenvalue weighted by Gasteiger charge is 2.39. The van der Waals surface area contributed by atoms with Crippen molar-refractivity contribution < 1.29 is 22.8 Å². The smallest absolute Gasteiger partial charge is 0.274 e. The molecular formula is C24H25F3N6O2S. The SMILES string of the molecule is CC(Nc1nc(C(=O)N2CC(NC(=O)C3CCC(F)(F)CC3)C2)c2sccc2n1)c1cncc(F)c1. The number of nitrogens with zero attached hydrogens (tertiary/aromatic N) is 4. The Bertz CT molecular complexity index is 1290. The molecule has 4 heterocycles. The van der Waals surface area contributed by atoms with Crippen molar-refractivity contribution in [1.29, 1.82) is 0 Å². The molecule has 3 aromatic heterocycles. The van der Waals surface area contributed by atoms with E-state index in [0.29, 0.717) is 28.9 Å². The summed E-state index contributed by atoms with van der Waals surface area (Å²) in [7, 11) is 0. The quantitative estimate of drug-likeness (QED) is 0.508. The van der Waals surface area contributed by atoms with Crippen molar-refractivity contribution in [3.05, 3.63) is 47.0 Å². The van der Waals surface area contributed by atoms with E-state index in [-0.39, 0.29) is 61.2 Å². The van der Waals surface area contributed by atoms with E-state index in [0.717, 1.165) is 6.20 Å². The fraction of sp³-hybridized carbons (Fsp3) is 0.458. The number of pyridine rings is 1. The molecule has 190 valence electrons. The molecule has 3 aromatic rings. The van der Waals surface area contributed by atoms with E-state index < -0.39 is 17.7 Å². The van der Waals surface area contributed by atoms with E-state index in [4.69, 9.17) is 0 Å². The molecule has 1 aliphatic heterocycles. The van der Waals surface area contributed by atoms with Crippen LogP contribution in [-0.4, -0.2) is 56.7 Å². The minimum absolute atomic E-state index is 0.172. The van der Waals surface area contributed by atoms with Crippen LogP contribution in [0.2, 0.25) is 0 Å². The van der Waals surface area contributed by atoms with E-state index in [1.54, 1.807) is 17.2 Å². The number of anilines is 1. The van der Waals surface area contributed by atoms with Crippen molar-refractivity contribution in [2.24, 2.45) is 5.92 Å². The minimum atomic E-state index is -2.68. The third-order valence-corrected chi connectivity index (χ3v) is 7.59. The number of likely N-dealkylation sites (tertiary alicyclic amines) is 1. The Morgan fingerprint density at radius 3 is 2.67 bits per heavy atom. The summed E-state index contributed by atoms with van der Waals surface area (Å²) in [4.78, 5) is 40.1. The number of hydrogen-bond acceptors (Lipinski definition) is 7. The molecule has 1 aliphatic carbocycles. The lowest BCUT2D eigenvalue weighted by atomic mass is 9.86. The Morgan fingerprint density at radius 1 is 1.19 bits per heavy atom. The number of hydrogen-bond donors (Lipinski definition) is 2. The Balaban J connectivity index is 1.23. The Labute approximate surface area is 209 Å². The summed E-state index contributed by atoms with van der Waals surface area (Å²) in [5.41, 5.74) is 1.48. The van der Waals surface area contributed by atoms with Gasteiger partial charge in [0.2, 0.25) is 17.8 Å². The average molecular weight is 519 g/mol. The van der Waals surface area contributed by atoms with E-state index in [1.807, 2.05) is 12.3 Å². The van der Waals surface area contributed by atoms with Crippen LogP contribution in [0.1, 0.15) is 54.7 Å². The molecule has 2 aliphatic rings. The van der Waals surface area contributed by atoms with Gasteiger partial charge in [0.25, 0.3) is 5.91 Å². The number of aromatic nitrogens is 3. The topological polar surface area (TPSA) is 100 Å². The van der Waals surface area contributed by atoms with Gasteiger partial charge in [-0.05, 0) is 42.8 Å². The van der Waals surface area contributed by atoms with Gasteiger partial charge in [-0.2, -0.15) is 0 Å². The van der Waals surface area contributed by atoms with E-state index in [1.165, 1.54) is 17.4 Å². The lowest BCUT2D eigenvalue weighted by Crippen LogP contribution is -2.61. The van der Waals surface area contributed by atoms with Crippen molar-refractivity contribution in [3.63, 3.8) is 0 Å². The molecule has 0 aromatic carbocycles. The molecule has 0 bridgehead atoms. The molecule has 2 fully saturated rings. The van der Waals surface area contributed by atoms with Gasteiger partial charge in [0.05, 0.1) is 28.5 Å². The number of fused-ring (bicyclic) bond motifs is 1. The van der Waals surface area contributed by atoms with Crippen molar-refractivity contribution in [3.8, 4) is 0 Å². The normalized spacial score (nSPS) is 19.1. The van der Waals surface area contributed by atoms with E-state index in [9.17, 15) is 22.8 Å². The second-order valence-corrected chi connectivity index (χ2v) is 10.3. The summed E-state index contributed by atoms with van der Waals surface area (Å²) in [6.45, 7) is 2.45. The van der Waals surface area contributed by atoms with E-state index in [2.05, 4.69) is 25.6 Å². The highest BCUT2D eigenvalue weighted by molar-refractivity contribution is 7.17. The van der Waals surface area contributed by atoms with Crippen LogP contribution in [0.3, 0.4) is 0 Å². The van der Waals surface area contributed by atoms with Crippen molar-refractivity contribution in [2.45, 2.75) is 50.6 Å². The second kappa shape index (κ2) is 9.64. The monoisotopic (exact) mass is 518 g/mol. The largest absolute Gasteiger partial charge is 0.350 e. The second-order valence-electron chi connectivity index (χ2n) is 9.38. The molecular weight excluding hydrogens is 493 g/mol. The molecule has 1 atom stereocenters. The van der Waals surface area contributed by atoms with Gasteiger partial charge in [0.15, 0.2) is 5.69 Å². The van der Waals surface area contributed by atoms with Gasteiger partial charge in [-0.15, -0.1) is 11.3 Å². The number of carbonyl (C=O) groups is 2. The lowest BCUT2D eigenvalue weighted by Gasteiger charge is -2.40. The molecule has 2 N–H and O–H groups in total. The predicted octanol–water partition coefficient (Wildman–Crippen LogP) is 4.16. The first-order chi connectivity index (χ1) is 17.2. The number of thiophene rings is 1. The lowest BCUT2D eigenvalue weighted by molar-refractivity contribution is -0.130.